The number of nitrogens with zero attached hydrogens (tertiary/aromatic N) is 2. The van der Waals surface area contributed by atoms with Crippen molar-refractivity contribution in [1.29, 1.82) is 0 Å². The number of pyridine rings is 1. The second kappa shape index (κ2) is 7.69. The zero-order valence-electron chi connectivity index (χ0n) is 16.7. The van der Waals surface area contributed by atoms with E-state index >= 15 is 0 Å². The van der Waals surface area contributed by atoms with Crippen molar-refractivity contribution < 1.29 is 29.5 Å². The summed E-state index contributed by atoms with van der Waals surface area (Å²) >= 11 is 0. The van der Waals surface area contributed by atoms with Gasteiger partial charge in [-0.15, -0.1) is 0 Å². The minimum Gasteiger partial charge on any atom is -0.504 e. The Labute approximate surface area is 179 Å². The van der Waals surface area contributed by atoms with Crippen molar-refractivity contribution in [1.82, 2.24) is 9.88 Å². The number of hydrogen-bond acceptors (Lipinski definition) is 7. The molecule has 32 heavy (non-hydrogen) atoms. The maximum atomic E-state index is 13.3. The maximum Gasteiger partial charge on any atom is 0.404 e. The first-order valence-corrected chi connectivity index (χ1v) is 9.52. The summed E-state index contributed by atoms with van der Waals surface area (Å²) in [4.78, 5) is 47.9. The molecule has 1 aliphatic carbocycles. The molecule has 11 nitrogen and oxygen atoms in total. The Morgan fingerprint density at radius 1 is 1.19 bits per heavy atom. The van der Waals surface area contributed by atoms with Crippen LogP contribution in [0.4, 0.5) is 10.5 Å². The lowest BCUT2D eigenvalue weighted by atomic mass is 10.0. The maximum absolute atomic E-state index is 13.3. The van der Waals surface area contributed by atoms with E-state index in [1.165, 1.54) is 35.9 Å². The summed E-state index contributed by atoms with van der Waals surface area (Å²) in [6, 6.07) is 6.42. The number of hydrogen-bond donors (Lipinski definition) is 3. The van der Waals surface area contributed by atoms with Crippen molar-refractivity contribution in [3.05, 3.63) is 61.9 Å². The molecular weight excluding hydrogens is 422 g/mol. The van der Waals surface area contributed by atoms with E-state index in [9.17, 15) is 29.6 Å². The second-order valence-electron chi connectivity index (χ2n) is 7.15. The first-order chi connectivity index (χ1) is 15.2. The third kappa shape index (κ3) is 3.20. The number of ketones is 1. The largest absolute Gasteiger partial charge is 0.504 e. The number of nitrogens with one attached hydrogen (secondary N) is 1. The molecule has 1 amide bonds. The van der Waals surface area contributed by atoms with Crippen molar-refractivity contribution in [3.63, 3.8) is 0 Å². The van der Waals surface area contributed by atoms with E-state index in [0.717, 1.165) is 6.07 Å². The summed E-state index contributed by atoms with van der Waals surface area (Å²) in [5.74, 6) is -0.573. The number of benzene rings is 2. The highest BCUT2D eigenvalue weighted by atomic mass is 16.6. The summed E-state index contributed by atoms with van der Waals surface area (Å²) in [5, 5.41) is 32.6. The number of nitro benzene ring substituents is 1. The number of nitro groups is 1. The van der Waals surface area contributed by atoms with Crippen molar-refractivity contribution in [2.75, 3.05) is 13.7 Å². The highest BCUT2D eigenvalue weighted by molar-refractivity contribution is 6.27. The van der Waals surface area contributed by atoms with Gasteiger partial charge < -0.3 is 24.8 Å². The number of carboxylic acid groups (broad SMARTS) is 1. The summed E-state index contributed by atoms with van der Waals surface area (Å²) in [7, 11) is 1.35. The van der Waals surface area contributed by atoms with Crippen LogP contribution < -0.4 is 15.6 Å². The highest BCUT2D eigenvalue weighted by Gasteiger charge is 2.34. The normalized spacial score (nSPS) is 11.8. The molecule has 164 valence electrons. The number of carbonyl (C=O) groups is 2. The molecule has 0 saturated carbocycles. The van der Waals surface area contributed by atoms with Gasteiger partial charge in [0.1, 0.15) is 0 Å². The monoisotopic (exact) mass is 439 g/mol. The molecule has 0 atom stereocenters. The molecule has 11 heteroatoms. The van der Waals surface area contributed by atoms with Crippen molar-refractivity contribution in [3.8, 4) is 22.8 Å². The van der Waals surface area contributed by atoms with E-state index in [1.807, 2.05) is 0 Å². The Bertz CT molecular complexity index is 1380. The molecule has 0 saturated heterocycles. The Morgan fingerprint density at radius 3 is 2.59 bits per heavy atom. The van der Waals surface area contributed by atoms with Gasteiger partial charge in [0.15, 0.2) is 17.3 Å². The molecule has 0 aliphatic heterocycles. The number of non-ortho nitro benzene ring substituents is 1. The Morgan fingerprint density at radius 2 is 1.94 bits per heavy atom. The first-order valence-electron chi connectivity index (χ1n) is 9.52. The summed E-state index contributed by atoms with van der Waals surface area (Å²) in [5.41, 5.74) is 0.180. The molecule has 0 unspecified atom stereocenters. The fourth-order valence-corrected chi connectivity index (χ4v) is 3.96. The molecule has 0 spiro atoms. The van der Waals surface area contributed by atoms with Crippen LogP contribution in [-0.2, 0) is 6.54 Å². The van der Waals surface area contributed by atoms with Crippen LogP contribution in [0.3, 0.4) is 0 Å². The average Bonchev–Trinajstić information content (AvgIpc) is 3.03. The SMILES string of the molecule is COc1cc2c(cc1O)C(=O)c1c-2n(CCCNC(=O)O)c(=O)c2cc([N+](=O)[O-])ccc12. The fourth-order valence-electron chi connectivity index (χ4n) is 3.96. The number of phenolic OH excluding ortho intramolecular Hbond substituents is 1. The standard InChI is InChI=1S/C21H17N3O8/c1-32-16-9-12-13(8-15(16)25)19(26)17-11-4-3-10(24(30)31)7-14(11)20(27)23(18(12)17)6-2-5-22-21(28)29/h3-4,7-9,22,25H,2,5-6H2,1H3,(H,28,29). The number of carbonyl (C=O) groups excluding carboxylic acids is 1. The lowest BCUT2D eigenvalue weighted by molar-refractivity contribution is -0.384. The lowest BCUT2D eigenvalue weighted by Crippen LogP contribution is -2.27. The smallest absolute Gasteiger partial charge is 0.404 e. The molecule has 3 aromatic rings. The molecule has 3 N–H and O–H groups in total. The van der Waals surface area contributed by atoms with Crippen LogP contribution in [-0.4, -0.2) is 45.2 Å². The minimum atomic E-state index is -1.21. The van der Waals surface area contributed by atoms with Crippen LogP contribution in [0, 0.1) is 10.1 Å². The zero-order chi connectivity index (χ0) is 23.2. The summed E-state index contributed by atoms with van der Waals surface area (Å²) < 4.78 is 6.46. The van der Waals surface area contributed by atoms with Gasteiger partial charge in [0, 0.05) is 41.7 Å². The molecule has 1 heterocycles. The lowest BCUT2D eigenvalue weighted by Gasteiger charge is -2.15. The van der Waals surface area contributed by atoms with Crippen LogP contribution in [0.25, 0.3) is 22.0 Å². The number of methoxy groups -OCH3 is 1. The van der Waals surface area contributed by atoms with Gasteiger partial charge in [-0.25, -0.2) is 4.79 Å². The first kappa shape index (κ1) is 20.8. The zero-order valence-corrected chi connectivity index (χ0v) is 16.7. The van der Waals surface area contributed by atoms with Gasteiger partial charge in [0.25, 0.3) is 11.2 Å². The summed E-state index contributed by atoms with van der Waals surface area (Å²) in [6.07, 6.45) is -0.977. The number of aromatic nitrogens is 1. The summed E-state index contributed by atoms with van der Waals surface area (Å²) in [6.45, 7) is 0.110. The predicted octanol–water partition coefficient (Wildman–Crippen LogP) is 2.49. The number of aromatic hydroxyl groups is 1. The second-order valence-corrected chi connectivity index (χ2v) is 7.15. The molecule has 4 rings (SSSR count). The number of rotatable bonds is 6. The number of fused-ring (bicyclic) bond motifs is 5. The van der Waals surface area contributed by atoms with Crippen LogP contribution in [0.1, 0.15) is 22.3 Å². The van der Waals surface area contributed by atoms with Crippen LogP contribution in [0.5, 0.6) is 11.5 Å². The Balaban J connectivity index is 2.00. The molecule has 1 aliphatic rings. The van der Waals surface area contributed by atoms with E-state index in [4.69, 9.17) is 9.84 Å². The average molecular weight is 439 g/mol. The molecule has 0 fully saturated rings. The van der Waals surface area contributed by atoms with Crippen molar-refractivity contribution in [2.45, 2.75) is 13.0 Å². The van der Waals surface area contributed by atoms with Crippen molar-refractivity contribution >= 4 is 28.3 Å². The highest BCUT2D eigenvalue weighted by Crippen LogP contribution is 2.44. The van der Waals surface area contributed by atoms with E-state index < -0.39 is 22.4 Å². The van der Waals surface area contributed by atoms with Crippen LogP contribution in [0.2, 0.25) is 0 Å². The van der Waals surface area contributed by atoms with E-state index in [-0.39, 0.29) is 58.6 Å². The van der Waals surface area contributed by atoms with Gasteiger partial charge in [-0.2, -0.15) is 0 Å². The van der Waals surface area contributed by atoms with Gasteiger partial charge in [-0.3, -0.25) is 19.7 Å². The minimum absolute atomic E-state index is 0.00138. The van der Waals surface area contributed by atoms with Gasteiger partial charge in [-0.05, 0) is 24.6 Å². The van der Waals surface area contributed by atoms with E-state index in [2.05, 4.69) is 5.32 Å². The quantitative estimate of drug-likeness (QED) is 0.234. The Hall–Kier alpha value is -4.41. The van der Waals surface area contributed by atoms with Gasteiger partial charge in [-0.1, -0.05) is 0 Å². The third-order valence-corrected chi connectivity index (χ3v) is 5.35. The fraction of sp³-hybridized carbons (Fsp3) is 0.190. The van der Waals surface area contributed by atoms with E-state index in [0.29, 0.717) is 11.3 Å². The number of amides is 1. The molecule has 2 aromatic carbocycles. The van der Waals surface area contributed by atoms with E-state index in [1.54, 1.807) is 0 Å². The molecule has 0 bridgehead atoms. The Kier molecular flexibility index (Phi) is 5.01. The van der Waals surface area contributed by atoms with Gasteiger partial charge >= 0.3 is 6.09 Å². The van der Waals surface area contributed by atoms with Crippen molar-refractivity contribution in [2.24, 2.45) is 0 Å². The molecule has 0 radical (unpaired) electrons. The molecule has 1 aromatic heterocycles. The number of phenols is 1. The van der Waals surface area contributed by atoms with Gasteiger partial charge in [0.05, 0.1) is 28.7 Å². The van der Waals surface area contributed by atoms with Gasteiger partial charge in [0.2, 0.25) is 0 Å². The van der Waals surface area contributed by atoms with Crippen LogP contribution in [0.15, 0.2) is 35.1 Å². The predicted molar refractivity (Wildman–Crippen MR) is 113 cm³/mol. The molecular formula is C21H17N3O8. The number of ether oxygens (including phenoxy) is 1. The third-order valence-electron chi connectivity index (χ3n) is 5.35. The topological polar surface area (TPSA) is 161 Å². The van der Waals surface area contributed by atoms with Crippen LogP contribution >= 0.6 is 0 Å².